The van der Waals surface area contributed by atoms with Crippen molar-refractivity contribution in [1.29, 1.82) is 0 Å². The highest BCUT2D eigenvalue weighted by molar-refractivity contribution is 7.85. The zero-order valence-electron chi connectivity index (χ0n) is 29.1. The summed E-state index contributed by atoms with van der Waals surface area (Å²) in [6.45, 7) is 9.92. The molecule has 4 N–H and O–H groups in total. The average Bonchev–Trinajstić information content (AvgIpc) is 3.05. The van der Waals surface area contributed by atoms with Crippen LogP contribution in [0.3, 0.4) is 0 Å². The van der Waals surface area contributed by atoms with Crippen LogP contribution in [0.4, 0.5) is 33.4 Å². The van der Waals surface area contributed by atoms with E-state index in [-0.39, 0.29) is 5.41 Å². The number of benzene rings is 4. The number of rotatable bonds is 12. The van der Waals surface area contributed by atoms with Gasteiger partial charge < -0.3 is 34.7 Å². The van der Waals surface area contributed by atoms with E-state index in [1.165, 1.54) is 7.11 Å². The van der Waals surface area contributed by atoms with Gasteiger partial charge in [0.05, 0.1) is 24.7 Å². The third kappa shape index (κ3) is 9.01. The third-order valence-electron chi connectivity index (χ3n) is 7.68. The van der Waals surface area contributed by atoms with Crippen molar-refractivity contribution in [2.45, 2.75) is 33.1 Å². The summed E-state index contributed by atoms with van der Waals surface area (Å²) in [5.41, 5.74) is 3.29. The van der Waals surface area contributed by atoms with E-state index in [4.69, 9.17) is 14.0 Å². The van der Waals surface area contributed by atoms with E-state index < -0.39 is 24.4 Å². The van der Waals surface area contributed by atoms with Gasteiger partial charge in [0.25, 0.3) is 0 Å². The fourth-order valence-corrected chi connectivity index (χ4v) is 7.32. The molecule has 11 nitrogen and oxygen atoms in total. The minimum atomic E-state index is -3.04. The number of amides is 2. The Hall–Kier alpha value is -4.90. The number of hydrogen-bond donors (Lipinski definition) is 4. The molecule has 50 heavy (non-hydrogen) atoms. The standard InChI is InChI=1S/C37H42N5O6PS/c1-8-47-49(6,44)34-16-13-25(22-33(34)46-5)39-35-23-28(17-18-38-35)48-32-15-14-31(29-11-9-10-12-30(29)32)41-36(43)40-26-19-24(37(2,3)4)20-27(21-26)42-50(7)45/h9-23,42H,8H2,1-7H3,(H,38,39)(H2,40,41,43). The second kappa shape index (κ2) is 15.3. The van der Waals surface area contributed by atoms with Gasteiger partial charge in [0.2, 0.25) is 7.37 Å². The molecule has 0 aliphatic heterocycles. The Labute approximate surface area is 295 Å². The normalized spacial score (nSPS) is 13.2. The van der Waals surface area contributed by atoms with Crippen LogP contribution in [0.15, 0.2) is 91.1 Å². The fourth-order valence-electron chi connectivity index (χ4n) is 5.34. The molecule has 5 rings (SSSR count). The summed E-state index contributed by atoms with van der Waals surface area (Å²) in [4.78, 5) is 17.7. The van der Waals surface area contributed by atoms with Crippen molar-refractivity contribution in [3.63, 3.8) is 0 Å². The molecule has 2 atom stereocenters. The molecule has 4 aromatic carbocycles. The second-order valence-electron chi connectivity index (χ2n) is 12.6. The highest BCUT2D eigenvalue weighted by atomic mass is 32.2. The maximum Gasteiger partial charge on any atom is 0.323 e. The number of methoxy groups -OCH3 is 1. The molecule has 13 heteroatoms. The summed E-state index contributed by atoms with van der Waals surface area (Å²) in [6, 6.07) is 25.2. The smallest absolute Gasteiger partial charge is 0.323 e. The first-order valence-electron chi connectivity index (χ1n) is 15.9. The largest absolute Gasteiger partial charge is 0.496 e. The number of anilines is 5. The minimum absolute atomic E-state index is 0.192. The van der Waals surface area contributed by atoms with Gasteiger partial charge in [-0.05, 0) is 66.4 Å². The number of nitrogens with zero attached hydrogens (tertiary/aromatic N) is 1. The molecule has 262 valence electrons. The highest BCUT2D eigenvalue weighted by Gasteiger charge is 2.24. The van der Waals surface area contributed by atoms with Crippen LogP contribution in [0, 0.1) is 0 Å². The van der Waals surface area contributed by atoms with Crippen LogP contribution in [-0.4, -0.2) is 41.9 Å². The molecule has 0 saturated heterocycles. The van der Waals surface area contributed by atoms with Gasteiger partial charge in [0, 0.05) is 59.1 Å². The van der Waals surface area contributed by atoms with Crippen LogP contribution in [0.25, 0.3) is 10.8 Å². The molecular weight excluding hydrogens is 673 g/mol. The van der Waals surface area contributed by atoms with Crippen molar-refractivity contribution in [1.82, 2.24) is 4.98 Å². The average molecular weight is 716 g/mol. The number of pyridine rings is 1. The first-order chi connectivity index (χ1) is 23.7. The molecule has 0 saturated carbocycles. The quantitative estimate of drug-likeness (QED) is 0.0939. The summed E-state index contributed by atoms with van der Waals surface area (Å²) < 4.78 is 45.1. The summed E-state index contributed by atoms with van der Waals surface area (Å²) in [7, 11) is -2.78. The predicted molar refractivity (Wildman–Crippen MR) is 205 cm³/mol. The number of carbonyl (C=O) groups excluding carboxylic acids is 1. The number of carbonyl (C=O) groups is 1. The summed E-state index contributed by atoms with van der Waals surface area (Å²) in [5.74, 6) is 2.11. The van der Waals surface area contributed by atoms with Gasteiger partial charge in [-0.15, -0.1) is 0 Å². The lowest BCUT2D eigenvalue weighted by Crippen LogP contribution is -2.20. The van der Waals surface area contributed by atoms with Gasteiger partial charge in [0.1, 0.15) is 34.1 Å². The fraction of sp³-hybridized carbons (Fsp3) is 0.243. The van der Waals surface area contributed by atoms with Gasteiger partial charge in [-0.3, -0.25) is 4.57 Å². The lowest BCUT2D eigenvalue weighted by molar-refractivity contribution is 0.262. The number of ether oxygens (including phenoxy) is 2. The van der Waals surface area contributed by atoms with Crippen molar-refractivity contribution in [3.05, 3.63) is 96.7 Å². The van der Waals surface area contributed by atoms with Crippen LogP contribution in [0.1, 0.15) is 33.3 Å². The molecular formula is C37H42N5O6PS. The zero-order chi connectivity index (χ0) is 36.1. The monoisotopic (exact) mass is 715 g/mol. The van der Waals surface area contributed by atoms with E-state index in [1.807, 2.05) is 36.4 Å². The van der Waals surface area contributed by atoms with Crippen molar-refractivity contribution in [3.8, 4) is 17.2 Å². The lowest BCUT2D eigenvalue weighted by Gasteiger charge is -2.22. The maximum absolute atomic E-state index is 13.2. The van der Waals surface area contributed by atoms with Crippen LogP contribution >= 0.6 is 7.37 Å². The number of hydrogen-bond acceptors (Lipinski definition) is 8. The van der Waals surface area contributed by atoms with Crippen LogP contribution in [-0.2, 0) is 25.5 Å². The Morgan fingerprint density at radius 1 is 0.880 bits per heavy atom. The summed E-state index contributed by atoms with van der Waals surface area (Å²) >= 11 is 0. The third-order valence-corrected chi connectivity index (χ3v) is 10.2. The maximum atomic E-state index is 13.2. The molecule has 0 fully saturated rings. The molecule has 0 aliphatic carbocycles. The molecule has 0 bridgehead atoms. The van der Waals surface area contributed by atoms with E-state index in [9.17, 15) is 13.6 Å². The number of fused-ring (bicyclic) bond motifs is 1. The van der Waals surface area contributed by atoms with E-state index >= 15 is 0 Å². The molecule has 1 aromatic heterocycles. The van der Waals surface area contributed by atoms with E-state index in [0.29, 0.717) is 57.7 Å². The van der Waals surface area contributed by atoms with Gasteiger partial charge in [0.15, 0.2) is 0 Å². The van der Waals surface area contributed by atoms with Crippen molar-refractivity contribution < 1.29 is 27.6 Å². The number of nitrogens with one attached hydrogen (secondary N) is 4. The van der Waals surface area contributed by atoms with Gasteiger partial charge in [-0.25, -0.2) is 14.0 Å². The second-order valence-corrected chi connectivity index (χ2v) is 16.1. The van der Waals surface area contributed by atoms with Crippen LogP contribution in [0.2, 0.25) is 0 Å². The molecule has 0 spiro atoms. The molecule has 2 unspecified atom stereocenters. The van der Waals surface area contributed by atoms with E-state index in [1.54, 1.807) is 74.6 Å². The highest BCUT2D eigenvalue weighted by Crippen LogP contribution is 2.45. The number of aromatic nitrogens is 1. The zero-order valence-corrected chi connectivity index (χ0v) is 30.8. The Bertz CT molecular complexity index is 2100. The first-order valence-corrected chi connectivity index (χ1v) is 19.6. The molecule has 5 aromatic rings. The first kappa shape index (κ1) is 36.4. The van der Waals surface area contributed by atoms with Crippen molar-refractivity contribution in [2.24, 2.45) is 0 Å². The van der Waals surface area contributed by atoms with Gasteiger partial charge in [-0.1, -0.05) is 45.0 Å². The Kier molecular flexibility index (Phi) is 11.2. The van der Waals surface area contributed by atoms with Crippen LogP contribution < -0.4 is 35.5 Å². The predicted octanol–water partition coefficient (Wildman–Crippen LogP) is 9.00. The minimum Gasteiger partial charge on any atom is -0.496 e. The summed E-state index contributed by atoms with van der Waals surface area (Å²) in [6.07, 6.45) is 3.19. The van der Waals surface area contributed by atoms with Gasteiger partial charge >= 0.3 is 6.03 Å². The van der Waals surface area contributed by atoms with Crippen molar-refractivity contribution >= 4 is 69.0 Å². The summed E-state index contributed by atoms with van der Waals surface area (Å²) in [5, 5.41) is 11.2. The van der Waals surface area contributed by atoms with E-state index in [0.717, 1.165) is 16.3 Å². The SMILES string of the molecule is CCOP(C)(=O)c1ccc(Nc2cc(Oc3ccc(NC(=O)Nc4cc(NS(C)=O)cc(C(C)(C)C)c4)c4ccccc34)ccn2)cc1OC. The van der Waals surface area contributed by atoms with Crippen molar-refractivity contribution in [2.75, 3.05) is 47.3 Å². The van der Waals surface area contributed by atoms with Gasteiger partial charge in [-0.2, -0.15) is 0 Å². The molecule has 0 aliphatic rings. The van der Waals surface area contributed by atoms with Crippen LogP contribution in [0.5, 0.6) is 17.2 Å². The molecule has 1 heterocycles. The Morgan fingerprint density at radius 3 is 2.32 bits per heavy atom. The molecule has 0 radical (unpaired) electrons. The lowest BCUT2D eigenvalue weighted by atomic mass is 9.86. The molecule has 2 amide bonds. The van der Waals surface area contributed by atoms with E-state index in [2.05, 4.69) is 46.4 Å². The topological polar surface area (TPSA) is 140 Å². The number of urea groups is 1. The Morgan fingerprint density at radius 2 is 1.62 bits per heavy atom. The Balaban J connectivity index is 1.34.